The number of carbonyl (C=O) groups excluding carboxylic acids is 2. The zero-order valence-corrected chi connectivity index (χ0v) is 16.2. The number of hydrogen-bond donors (Lipinski definition) is 4. The second kappa shape index (κ2) is 9.45. The summed E-state index contributed by atoms with van der Waals surface area (Å²) in [7, 11) is 0. The first-order valence-corrected chi connectivity index (χ1v) is 8.86. The van der Waals surface area contributed by atoms with Crippen LogP contribution in [0.1, 0.15) is 20.7 Å². The van der Waals surface area contributed by atoms with E-state index in [0.717, 1.165) is 18.5 Å². The average molecular weight is 446 g/mol. The van der Waals surface area contributed by atoms with Crippen LogP contribution < -0.4 is 21.7 Å². The lowest BCUT2D eigenvalue weighted by Crippen LogP contribution is -2.32. The number of carbonyl (C=O) groups is 2. The molecule has 1 heterocycles. The molecule has 0 saturated heterocycles. The third-order valence-electron chi connectivity index (χ3n) is 3.81. The minimum atomic E-state index is -0.802. The first-order valence-electron chi connectivity index (χ1n) is 8.48. The molecule has 3 rings (SSSR count). The Labute approximate surface area is 178 Å². The van der Waals surface area contributed by atoms with Gasteiger partial charge in [-0.3, -0.25) is 41.4 Å². The Hall–Kier alpha value is -4.32. The Morgan fingerprint density at radius 2 is 1.32 bits per heavy atom. The molecule has 31 heavy (non-hydrogen) atoms. The molecule has 0 aliphatic rings. The lowest BCUT2D eigenvalue weighted by atomic mass is 10.2. The summed E-state index contributed by atoms with van der Waals surface area (Å²) in [4.78, 5) is 42.4. The number of aromatic nitrogens is 2. The van der Waals surface area contributed by atoms with Crippen molar-refractivity contribution >= 4 is 40.7 Å². The Morgan fingerprint density at radius 1 is 0.871 bits per heavy atom. The Bertz CT molecular complexity index is 1050. The lowest BCUT2D eigenvalue weighted by molar-refractivity contribution is -0.383. The molecule has 0 radical (unpaired) electrons. The second-order valence-electron chi connectivity index (χ2n) is 5.85. The molecule has 0 saturated carbocycles. The lowest BCUT2D eigenvalue weighted by Gasteiger charge is -2.11. The standard InChI is InChI=1S/C18H13ClFN7O4/c19-12-5-1-10(2-6-12)17(28)25-23-15-14(27(30)31)16(22-9-21-15)24-26-18(29)11-3-7-13(20)8-4-11/h1-9H,(H,25,28)(H,26,29)(H2,21,22,23,24). The van der Waals surface area contributed by atoms with Gasteiger partial charge in [0.05, 0.1) is 4.92 Å². The molecule has 0 aliphatic heterocycles. The second-order valence-corrected chi connectivity index (χ2v) is 6.29. The van der Waals surface area contributed by atoms with E-state index in [0.29, 0.717) is 5.02 Å². The minimum absolute atomic E-state index is 0.110. The van der Waals surface area contributed by atoms with Crippen LogP contribution in [-0.2, 0) is 0 Å². The number of hydrazine groups is 2. The van der Waals surface area contributed by atoms with E-state index in [9.17, 15) is 24.1 Å². The van der Waals surface area contributed by atoms with Crippen molar-refractivity contribution in [2.24, 2.45) is 0 Å². The molecule has 3 aromatic rings. The molecule has 4 N–H and O–H groups in total. The molecule has 0 atom stereocenters. The summed E-state index contributed by atoms with van der Waals surface area (Å²) in [6.07, 6.45) is 0.982. The van der Waals surface area contributed by atoms with E-state index in [1.807, 2.05) is 0 Å². The highest BCUT2D eigenvalue weighted by atomic mass is 35.5. The van der Waals surface area contributed by atoms with E-state index in [1.165, 1.54) is 36.4 Å². The fourth-order valence-corrected chi connectivity index (χ4v) is 2.44. The normalized spacial score (nSPS) is 10.1. The highest BCUT2D eigenvalue weighted by molar-refractivity contribution is 6.30. The molecular formula is C18H13ClFN7O4. The largest absolute Gasteiger partial charge is 0.356 e. The monoisotopic (exact) mass is 445 g/mol. The molecule has 0 unspecified atom stereocenters. The molecule has 2 amide bonds. The van der Waals surface area contributed by atoms with Crippen LogP contribution in [0.25, 0.3) is 0 Å². The number of nitrogens with zero attached hydrogens (tertiary/aromatic N) is 3. The van der Waals surface area contributed by atoms with Crippen LogP contribution in [0, 0.1) is 15.9 Å². The van der Waals surface area contributed by atoms with Crippen LogP contribution in [0.3, 0.4) is 0 Å². The quantitative estimate of drug-likeness (QED) is 0.320. The summed E-state index contributed by atoms with van der Waals surface area (Å²) in [5.74, 6) is -2.48. The molecule has 0 bridgehead atoms. The van der Waals surface area contributed by atoms with Crippen LogP contribution >= 0.6 is 11.6 Å². The summed E-state index contributed by atoms with van der Waals surface area (Å²) in [6, 6.07) is 10.6. The van der Waals surface area contributed by atoms with E-state index in [1.54, 1.807) is 0 Å². The predicted molar refractivity (Wildman–Crippen MR) is 109 cm³/mol. The Morgan fingerprint density at radius 3 is 1.77 bits per heavy atom. The van der Waals surface area contributed by atoms with E-state index >= 15 is 0 Å². The summed E-state index contributed by atoms with van der Waals surface area (Å²) in [5.41, 5.74) is 8.89. The van der Waals surface area contributed by atoms with Gasteiger partial charge in [-0.1, -0.05) is 11.6 Å². The molecular weight excluding hydrogens is 433 g/mol. The van der Waals surface area contributed by atoms with E-state index in [-0.39, 0.29) is 22.8 Å². The fourth-order valence-electron chi connectivity index (χ4n) is 2.31. The molecule has 158 valence electrons. The van der Waals surface area contributed by atoms with Gasteiger partial charge >= 0.3 is 5.69 Å². The fraction of sp³-hybridized carbons (Fsp3) is 0. The number of hydrogen-bond acceptors (Lipinski definition) is 8. The van der Waals surface area contributed by atoms with Gasteiger partial charge in [-0.25, -0.2) is 14.4 Å². The van der Waals surface area contributed by atoms with Crippen molar-refractivity contribution in [3.63, 3.8) is 0 Å². The van der Waals surface area contributed by atoms with Gasteiger partial charge in [0.2, 0.25) is 11.6 Å². The van der Waals surface area contributed by atoms with Crippen LogP contribution in [0.2, 0.25) is 5.02 Å². The van der Waals surface area contributed by atoms with Gasteiger partial charge in [0.15, 0.2) is 0 Å². The number of nitro groups is 1. The van der Waals surface area contributed by atoms with Crippen molar-refractivity contribution in [1.82, 2.24) is 20.8 Å². The molecule has 13 heteroatoms. The van der Waals surface area contributed by atoms with Crippen LogP contribution in [0.4, 0.5) is 21.7 Å². The van der Waals surface area contributed by atoms with Crippen molar-refractivity contribution in [3.05, 3.63) is 86.9 Å². The topological polar surface area (TPSA) is 151 Å². The van der Waals surface area contributed by atoms with Crippen LogP contribution in [-0.4, -0.2) is 26.7 Å². The average Bonchev–Trinajstić information content (AvgIpc) is 2.76. The molecule has 0 aliphatic carbocycles. The highest BCUT2D eigenvalue weighted by Crippen LogP contribution is 2.27. The molecule has 11 nitrogen and oxygen atoms in total. The van der Waals surface area contributed by atoms with Crippen molar-refractivity contribution in [3.8, 4) is 0 Å². The number of nitrogens with one attached hydrogen (secondary N) is 4. The van der Waals surface area contributed by atoms with Gasteiger partial charge in [-0.15, -0.1) is 0 Å². The predicted octanol–water partition coefficient (Wildman–Crippen LogP) is 2.69. The Balaban J connectivity index is 1.72. The van der Waals surface area contributed by atoms with Crippen LogP contribution in [0.15, 0.2) is 54.9 Å². The first kappa shape index (κ1) is 21.4. The summed E-state index contributed by atoms with van der Waals surface area (Å²) >= 11 is 5.77. The highest BCUT2D eigenvalue weighted by Gasteiger charge is 2.24. The molecule has 2 aromatic carbocycles. The zero-order chi connectivity index (χ0) is 22.4. The maximum absolute atomic E-state index is 13.0. The van der Waals surface area contributed by atoms with Gasteiger partial charge in [0, 0.05) is 16.1 Å². The summed E-state index contributed by atoms with van der Waals surface area (Å²) in [6.45, 7) is 0. The van der Waals surface area contributed by atoms with Crippen molar-refractivity contribution in [1.29, 1.82) is 0 Å². The Kier molecular flexibility index (Phi) is 6.52. The van der Waals surface area contributed by atoms with Gasteiger partial charge in [0.1, 0.15) is 12.1 Å². The first-order chi connectivity index (χ1) is 14.8. The number of halogens is 2. The summed E-state index contributed by atoms with van der Waals surface area (Å²) < 4.78 is 13.0. The van der Waals surface area contributed by atoms with Gasteiger partial charge in [0.25, 0.3) is 11.8 Å². The van der Waals surface area contributed by atoms with Gasteiger partial charge < -0.3 is 0 Å². The number of anilines is 2. The molecule has 0 fully saturated rings. The minimum Gasteiger partial charge on any atom is -0.276 e. The number of amides is 2. The SMILES string of the molecule is O=C(NNc1ncnc(NNC(=O)c2ccc(Cl)cc2)c1[N+](=O)[O-])c1ccc(F)cc1. The van der Waals surface area contributed by atoms with Crippen LogP contribution in [0.5, 0.6) is 0 Å². The maximum Gasteiger partial charge on any atom is 0.356 e. The van der Waals surface area contributed by atoms with E-state index < -0.39 is 28.2 Å². The van der Waals surface area contributed by atoms with Gasteiger partial charge in [-0.2, -0.15) is 0 Å². The van der Waals surface area contributed by atoms with E-state index in [4.69, 9.17) is 11.6 Å². The third-order valence-corrected chi connectivity index (χ3v) is 4.06. The van der Waals surface area contributed by atoms with E-state index in [2.05, 4.69) is 31.7 Å². The number of benzene rings is 2. The van der Waals surface area contributed by atoms with Crippen molar-refractivity contribution in [2.75, 3.05) is 10.9 Å². The number of rotatable bonds is 7. The summed E-state index contributed by atoms with van der Waals surface area (Å²) in [5, 5.41) is 11.9. The smallest absolute Gasteiger partial charge is 0.276 e. The maximum atomic E-state index is 13.0. The zero-order valence-electron chi connectivity index (χ0n) is 15.4. The van der Waals surface area contributed by atoms with Crippen molar-refractivity contribution in [2.45, 2.75) is 0 Å². The molecule has 1 aromatic heterocycles. The van der Waals surface area contributed by atoms with Crippen molar-refractivity contribution < 1.29 is 18.9 Å². The third kappa shape index (κ3) is 5.39. The molecule has 0 spiro atoms. The van der Waals surface area contributed by atoms with Gasteiger partial charge in [-0.05, 0) is 48.5 Å².